The summed E-state index contributed by atoms with van der Waals surface area (Å²) in [4.78, 5) is 2.48. The first-order chi connectivity index (χ1) is 9.24. The number of rotatable bonds is 5. The van der Waals surface area contributed by atoms with E-state index in [1.807, 2.05) is 0 Å². The fraction of sp³-hybridized carbons (Fsp3) is 0.500. The summed E-state index contributed by atoms with van der Waals surface area (Å²) >= 11 is 5.17. The maximum Gasteiger partial charge on any atom is 0.170 e. The van der Waals surface area contributed by atoms with Crippen LogP contribution in [0.2, 0.25) is 0 Å². The number of anilines is 1. The van der Waals surface area contributed by atoms with Gasteiger partial charge in [0.25, 0.3) is 0 Å². The van der Waals surface area contributed by atoms with E-state index in [4.69, 9.17) is 12.2 Å². The number of thiocarbonyl (C=S) groups is 1. The average Bonchev–Trinajstić information content (AvgIpc) is 2.88. The van der Waals surface area contributed by atoms with Crippen LogP contribution < -0.4 is 10.6 Å². The van der Waals surface area contributed by atoms with Crippen LogP contribution in [0.1, 0.15) is 19.3 Å². The standard InChI is InChI=1S/C14H20FN3S/c15-12-5-3-6-13(11-12)17-14(19)16-7-4-10-18-8-1-2-9-18/h3,5-6,11H,1-2,4,7-10H2,(H2,16,17,19). The van der Waals surface area contributed by atoms with E-state index < -0.39 is 0 Å². The fourth-order valence-corrected chi connectivity index (χ4v) is 2.47. The summed E-state index contributed by atoms with van der Waals surface area (Å²) in [5.41, 5.74) is 0.678. The molecule has 104 valence electrons. The molecule has 1 aliphatic rings. The first-order valence-electron chi connectivity index (χ1n) is 6.77. The molecule has 0 atom stereocenters. The Labute approximate surface area is 119 Å². The zero-order chi connectivity index (χ0) is 13.5. The van der Waals surface area contributed by atoms with E-state index in [1.54, 1.807) is 12.1 Å². The molecule has 0 bridgehead atoms. The van der Waals surface area contributed by atoms with E-state index in [9.17, 15) is 4.39 Å². The van der Waals surface area contributed by atoms with Crippen molar-refractivity contribution in [1.82, 2.24) is 10.2 Å². The van der Waals surface area contributed by atoms with Crippen LogP contribution >= 0.6 is 12.2 Å². The lowest BCUT2D eigenvalue weighted by molar-refractivity contribution is 0.334. The van der Waals surface area contributed by atoms with Crippen molar-refractivity contribution in [2.24, 2.45) is 0 Å². The minimum absolute atomic E-state index is 0.262. The van der Waals surface area contributed by atoms with Gasteiger partial charge in [0.05, 0.1) is 0 Å². The van der Waals surface area contributed by atoms with Crippen molar-refractivity contribution < 1.29 is 4.39 Å². The molecule has 1 aliphatic heterocycles. The molecule has 2 N–H and O–H groups in total. The van der Waals surface area contributed by atoms with Crippen LogP contribution in [0.15, 0.2) is 24.3 Å². The highest BCUT2D eigenvalue weighted by Crippen LogP contribution is 2.09. The molecule has 0 aromatic heterocycles. The van der Waals surface area contributed by atoms with Crippen molar-refractivity contribution in [2.45, 2.75) is 19.3 Å². The third kappa shape index (κ3) is 5.12. The number of likely N-dealkylation sites (tertiary alicyclic amines) is 1. The maximum absolute atomic E-state index is 13.0. The van der Waals surface area contributed by atoms with Gasteiger partial charge in [-0.3, -0.25) is 0 Å². The minimum Gasteiger partial charge on any atom is -0.362 e. The normalized spacial score (nSPS) is 15.4. The SMILES string of the molecule is Fc1cccc(NC(=S)NCCCN2CCCC2)c1. The Morgan fingerprint density at radius 3 is 2.84 bits per heavy atom. The zero-order valence-corrected chi connectivity index (χ0v) is 11.8. The van der Waals surface area contributed by atoms with Crippen molar-refractivity contribution >= 4 is 23.0 Å². The fourth-order valence-electron chi connectivity index (χ4n) is 2.25. The van der Waals surface area contributed by atoms with Gasteiger partial charge >= 0.3 is 0 Å². The molecular weight excluding hydrogens is 261 g/mol. The van der Waals surface area contributed by atoms with Gasteiger partial charge < -0.3 is 15.5 Å². The summed E-state index contributed by atoms with van der Waals surface area (Å²) in [6.07, 6.45) is 3.73. The van der Waals surface area contributed by atoms with E-state index >= 15 is 0 Å². The molecule has 1 aromatic rings. The molecule has 1 aromatic carbocycles. The monoisotopic (exact) mass is 281 g/mol. The van der Waals surface area contributed by atoms with Crippen molar-refractivity contribution in [1.29, 1.82) is 0 Å². The van der Waals surface area contributed by atoms with Gasteiger partial charge in [0.2, 0.25) is 0 Å². The molecular formula is C14H20FN3S. The van der Waals surface area contributed by atoms with Crippen molar-refractivity contribution in [3.63, 3.8) is 0 Å². The Morgan fingerprint density at radius 1 is 1.32 bits per heavy atom. The van der Waals surface area contributed by atoms with Crippen LogP contribution in [0.25, 0.3) is 0 Å². The second-order valence-electron chi connectivity index (χ2n) is 4.79. The minimum atomic E-state index is -0.262. The first-order valence-corrected chi connectivity index (χ1v) is 7.17. The first kappa shape index (κ1) is 14.2. The van der Waals surface area contributed by atoms with Gasteiger partial charge in [-0.15, -0.1) is 0 Å². The molecule has 0 radical (unpaired) electrons. The van der Waals surface area contributed by atoms with E-state index in [0.717, 1.165) is 19.5 Å². The Kier molecular flexibility index (Phi) is 5.54. The zero-order valence-electron chi connectivity index (χ0n) is 11.0. The Hall–Kier alpha value is -1.20. The molecule has 0 saturated carbocycles. The van der Waals surface area contributed by atoms with Gasteiger partial charge in [-0.2, -0.15) is 0 Å². The van der Waals surface area contributed by atoms with Gasteiger partial charge in [0.1, 0.15) is 5.82 Å². The highest BCUT2D eigenvalue weighted by Gasteiger charge is 2.10. The number of hydrogen-bond acceptors (Lipinski definition) is 2. The predicted molar refractivity (Wildman–Crippen MR) is 80.9 cm³/mol. The molecule has 19 heavy (non-hydrogen) atoms. The van der Waals surface area contributed by atoms with Gasteiger partial charge in [0.15, 0.2) is 5.11 Å². The number of hydrogen-bond donors (Lipinski definition) is 2. The Bertz CT molecular complexity index is 419. The molecule has 5 heteroatoms. The average molecular weight is 281 g/mol. The van der Waals surface area contributed by atoms with Crippen LogP contribution in [0.5, 0.6) is 0 Å². The van der Waals surface area contributed by atoms with Crippen LogP contribution in [-0.2, 0) is 0 Å². The quantitative estimate of drug-likeness (QED) is 0.641. The van der Waals surface area contributed by atoms with Gasteiger partial charge in [-0.1, -0.05) is 6.07 Å². The molecule has 0 amide bonds. The molecule has 0 aliphatic carbocycles. The van der Waals surface area contributed by atoms with Crippen LogP contribution in [0.3, 0.4) is 0 Å². The smallest absolute Gasteiger partial charge is 0.170 e. The third-order valence-corrected chi connectivity index (χ3v) is 3.46. The topological polar surface area (TPSA) is 27.3 Å². The Morgan fingerprint density at radius 2 is 2.11 bits per heavy atom. The summed E-state index contributed by atoms with van der Waals surface area (Å²) in [5.74, 6) is -0.262. The van der Waals surface area contributed by atoms with Crippen molar-refractivity contribution in [3.05, 3.63) is 30.1 Å². The molecule has 1 saturated heterocycles. The van der Waals surface area contributed by atoms with E-state index in [-0.39, 0.29) is 5.82 Å². The van der Waals surface area contributed by atoms with Gasteiger partial charge in [-0.25, -0.2) is 4.39 Å². The second kappa shape index (κ2) is 7.40. The summed E-state index contributed by atoms with van der Waals surface area (Å²) < 4.78 is 13.0. The molecule has 2 rings (SSSR count). The van der Waals surface area contributed by atoms with E-state index in [2.05, 4.69) is 15.5 Å². The lowest BCUT2D eigenvalue weighted by atomic mass is 10.3. The highest BCUT2D eigenvalue weighted by molar-refractivity contribution is 7.80. The lowest BCUT2D eigenvalue weighted by Gasteiger charge is -2.15. The van der Waals surface area contributed by atoms with Gasteiger partial charge in [0, 0.05) is 12.2 Å². The third-order valence-electron chi connectivity index (χ3n) is 3.22. The highest BCUT2D eigenvalue weighted by atomic mass is 32.1. The molecule has 1 fully saturated rings. The number of nitrogens with zero attached hydrogens (tertiary/aromatic N) is 1. The molecule has 0 unspecified atom stereocenters. The van der Waals surface area contributed by atoms with Crippen LogP contribution in [0.4, 0.5) is 10.1 Å². The lowest BCUT2D eigenvalue weighted by Crippen LogP contribution is -2.31. The summed E-state index contributed by atoms with van der Waals surface area (Å²) in [5, 5.41) is 6.67. The Balaban J connectivity index is 1.61. The van der Waals surface area contributed by atoms with E-state index in [1.165, 1.54) is 38.1 Å². The summed E-state index contributed by atoms with van der Waals surface area (Å²) in [7, 11) is 0. The van der Waals surface area contributed by atoms with Crippen molar-refractivity contribution in [2.75, 3.05) is 31.5 Å². The molecule has 1 heterocycles. The van der Waals surface area contributed by atoms with Crippen LogP contribution in [-0.4, -0.2) is 36.2 Å². The summed E-state index contributed by atoms with van der Waals surface area (Å²) in [6, 6.07) is 6.30. The van der Waals surface area contributed by atoms with Gasteiger partial charge in [-0.05, 0) is 69.3 Å². The maximum atomic E-state index is 13.0. The second-order valence-corrected chi connectivity index (χ2v) is 5.20. The number of halogens is 1. The molecule has 0 spiro atoms. The van der Waals surface area contributed by atoms with E-state index in [0.29, 0.717) is 10.8 Å². The predicted octanol–water partition coefficient (Wildman–Crippen LogP) is 2.60. The number of benzene rings is 1. The van der Waals surface area contributed by atoms with Crippen molar-refractivity contribution in [3.8, 4) is 0 Å². The number of nitrogens with one attached hydrogen (secondary N) is 2. The molecule has 3 nitrogen and oxygen atoms in total. The summed E-state index contributed by atoms with van der Waals surface area (Å²) in [6.45, 7) is 4.42. The largest absolute Gasteiger partial charge is 0.362 e. The van der Waals surface area contributed by atoms with Crippen LogP contribution in [0, 0.1) is 5.82 Å².